The van der Waals surface area contributed by atoms with Crippen molar-refractivity contribution in [1.29, 1.82) is 0 Å². The van der Waals surface area contributed by atoms with E-state index in [1.165, 1.54) is 12.8 Å². The van der Waals surface area contributed by atoms with Crippen molar-refractivity contribution in [1.82, 2.24) is 0 Å². The summed E-state index contributed by atoms with van der Waals surface area (Å²) < 4.78 is 6.38. The first-order valence-corrected chi connectivity index (χ1v) is 10.4. The Bertz CT molecular complexity index is 199. The van der Waals surface area contributed by atoms with Gasteiger partial charge >= 0.3 is 0 Å². The number of rotatable bonds is 6. The van der Waals surface area contributed by atoms with Crippen molar-refractivity contribution in [3.05, 3.63) is 0 Å². The molecular weight excluding hydrogens is 280 g/mol. The van der Waals surface area contributed by atoms with Gasteiger partial charge in [-0.2, -0.15) is 0 Å². The largest absolute Gasteiger partial charge is 0.414 e. The van der Waals surface area contributed by atoms with Crippen LogP contribution in [-0.4, -0.2) is 19.8 Å². The van der Waals surface area contributed by atoms with Gasteiger partial charge in [0.05, 0.1) is 0 Å². The Morgan fingerprint density at radius 3 is 2.06 bits per heavy atom. The van der Waals surface area contributed by atoms with Gasteiger partial charge < -0.3 is 4.43 Å². The Kier molecular flexibility index (Phi) is 6.82. The number of hydrogen-bond acceptors (Lipinski definition) is 1. The first kappa shape index (κ1) is 16.7. The van der Waals surface area contributed by atoms with E-state index < -0.39 is 8.32 Å². The van der Waals surface area contributed by atoms with Gasteiger partial charge in [0.25, 0.3) is 0 Å². The van der Waals surface area contributed by atoms with Crippen LogP contribution >= 0.6 is 15.9 Å². The fraction of sp³-hybridized carbons (Fsp3) is 1.00. The molecule has 2 unspecified atom stereocenters. The van der Waals surface area contributed by atoms with Crippen LogP contribution in [0.4, 0.5) is 0 Å². The molecule has 0 aromatic heterocycles. The highest BCUT2D eigenvalue weighted by atomic mass is 79.9. The predicted octanol–water partition coefficient (Wildman–Crippen LogP) is 5.21. The van der Waals surface area contributed by atoms with Crippen LogP contribution in [0.5, 0.6) is 0 Å². The number of hydrogen-bond donors (Lipinski definition) is 0. The average molecular weight is 309 g/mol. The summed E-state index contributed by atoms with van der Waals surface area (Å²) in [7, 11) is -1.58. The molecular formula is C13H29BrOSi. The molecule has 0 rings (SSSR count). The highest BCUT2D eigenvalue weighted by molar-refractivity contribution is 9.09. The van der Waals surface area contributed by atoms with Gasteiger partial charge in [-0.3, -0.25) is 0 Å². The van der Waals surface area contributed by atoms with Crippen LogP contribution in [0, 0.1) is 5.92 Å². The molecule has 0 N–H and O–H groups in total. The minimum Gasteiger partial charge on any atom is -0.414 e. The molecule has 16 heavy (non-hydrogen) atoms. The van der Waals surface area contributed by atoms with Crippen molar-refractivity contribution in [3.63, 3.8) is 0 Å². The second-order valence-corrected chi connectivity index (χ2v) is 11.9. The minimum absolute atomic E-state index is 0.316. The SMILES string of the molecule is CC(CCCBr)C(C)O[Si](C)(C)C(C)(C)C. The highest BCUT2D eigenvalue weighted by Gasteiger charge is 2.38. The molecule has 0 radical (unpaired) electrons. The van der Waals surface area contributed by atoms with E-state index in [-0.39, 0.29) is 0 Å². The van der Waals surface area contributed by atoms with E-state index in [0.29, 0.717) is 17.1 Å². The molecule has 0 aliphatic heterocycles. The molecule has 3 heteroatoms. The molecule has 98 valence electrons. The zero-order valence-electron chi connectivity index (χ0n) is 12.1. The molecule has 0 heterocycles. The van der Waals surface area contributed by atoms with Crippen LogP contribution in [-0.2, 0) is 4.43 Å². The van der Waals surface area contributed by atoms with E-state index in [0.717, 1.165) is 5.33 Å². The van der Waals surface area contributed by atoms with Gasteiger partial charge in [-0.1, -0.05) is 43.6 Å². The molecule has 0 fully saturated rings. The Balaban J connectivity index is 4.27. The third-order valence-corrected chi connectivity index (χ3v) is 9.02. The Hall–Kier alpha value is 0.657. The second-order valence-electron chi connectivity index (χ2n) is 6.39. The predicted molar refractivity (Wildman–Crippen MR) is 79.9 cm³/mol. The lowest BCUT2D eigenvalue weighted by Crippen LogP contribution is -2.44. The minimum atomic E-state index is -1.58. The second kappa shape index (κ2) is 6.55. The third kappa shape index (κ3) is 5.33. The quantitative estimate of drug-likeness (QED) is 0.483. The molecule has 0 bridgehead atoms. The lowest BCUT2D eigenvalue weighted by atomic mass is 10.0. The lowest BCUT2D eigenvalue weighted by Gasteiger charge is -2.40. The third-order valence-electron chi connectivity index (χ3n) is 3.88. The Morgan fingerprint density at radius 2 is 1.69 bits per heavy atom. The van der Waals surface area contributed by atoms with Gasteiger partial charge in [-0.25, -0.2) is 0 Å². The zero-order valence-corrected chi connectivity index (χ0v) is 14.6. The van der Waals surface area contributed by atoms with Crippen LogP contribution in [0.2, 0.25) is 18.1 Å². The highest BCUT2D eigenvalue weighted by Crippen LogP contribution is 2.38. The van der Waals surface area contributed by atoms with E-state index in [1.54, 1.807) is 0 Å². The first-order valence-electron chi connectivity index (χ1n) is 6.35. The summed E-state index contributed by atoms with van der Waals surface area (Å²) in [5.74, 6) is 0.659. The van der Waals surface area contributed by atoms with Gasteiger partial charge in [-0.05, 0) is 43.8 Å². The summed E-state index contributed by atoms with van der Waals surface area (Å²) in [5, 5.41) is 1.42. The van der Waals surface area contributed by atoms with Crippen LogP contribution < -0.4 is 0 Å². The monoisotopic (exact) mass is 308 g/mol. The maximum absolute atomic E-state index is 6.38. The van der Waals surface area contributed by atoms with E-state index in [4.69, 9.17) is 4.43 Å². The Labute approximate surface area is 112 Å². The van der Waals surface area contributed by atoms with Crippen LogP contribution in [0.1, 0.15) is 47.5 Å². The van der Waals surface area contributed by atoms with E-state index in [2.05, 4.69) is 63.6 Å². The summed E-state index contributed by atoms with van der Waals surface area (Å²) in [6, 6.07) is 0. The molecule has 0 saturated carbocycles. The van der Waals surface area contributed by atoms with Gasteiger partial charge in [0.1, 0.15) is 0 Å². The van der Waals surface area contributed by atoms with Gasteiger partial charge in [0.15, 0.2) is 8.32 Å². The van der Waals surface area contributed by atoms with E-state index in [1.807, 2.05) is 0 Å². The Morgan fingerprint density at radius 1 is 1.19 bits per heavy atom. The molecule has 1 nitrogen and oxygen atoms in total. The summed E-state index contributed by atoms with van der Waals surface area (Å²) >= 11 is 3.49. The molecule has 0 amide bonds. The van der Waals surface area contributed by atoms with Crippen LogP contribution in [0.3, 0.4) is 0 Å². The maximum Gasteiger partial charge on any atom is 0.192 e. The summed E-state index contributed by atoms with van der Waals surface area (Å²) in [6.45, 7) is 16.1. The first-order chi connectivity index (χ1) is 7.12. The van der Waals surface area contributed by atoms with Crippen molar-refractivity contribution >= 4 is 24.2 Å². The summed E-state index contributed by atoms with van der Waals surface area (Å²) in [6.07, 6.45) is 2.88. The normalized spacial score (nSPS) is 17.2. The zero-order chi connectivity index (χ0) is 13.0. The average Bonchev–Trinajstić information content (AvgIpc) is 2.11. The molecule has 0 aromatic rings. The lowest BCUT2D eigenvalue weighted by molar-refractivity contribution is 0.137. The van der Waals surface area contributed by atoms with Crippen molar-refractivity contribution in [2.75, 3.05) is 5.33 Å². The molecule has 0 aliphatic carbocycles. The molecule has 0 aliphatic rings. The van der Waals surface area contributed by atoms with E-state index in [9.17, 15) is 0 Å². The van der Waals surface area contributed by atoms with Crippen LogP contribution in [0.15, 0.2) is 0 Å². The fourth-order valence-corrected chi connectivity index (χ4v) is 3.23. The van der Waals surface area contributed by atoms with Gasteiger partial charge in [0, 0.05) is 11.4 Å². The van der Waals surface area contributed by atoms with Gasteiger partial charge in [0.2, 0.25) is 0 Å². The van der Waals surface area contributed by atoms with Crippen molar-refractivity contribution in [3.8, 4) is 0 Å². The number of halogens is 1. The summed E-state index contributed by atoms with van der Waals surface area (Å²) in [5.41, 5.74) is 0. The topological polar surface area (TPSA) is 9.23 Å². The molecule has 2 atom stereocenters. The smallest absolute Gasteiger partial charge is 0.192 e. The van der Waals surface area contributed by atoms with Crippen LogP contribution in [0.25, 0.3) is 0 Å². The van der Waals surface area contributed by atoms with Gasteiger partial charge in [-0.15, -0.1) is 0 Å². The van der Waals surface area contributed by atoms with E-state index >= 15 is 0 Å². The maximum atomic E-state index is 6.38. The summed E-state index contributed by atoms with van der Waals surface area (Å²) in [4.78, 5) is 0. The van der Waals surface area contributed by atoms with Crippen molar-refractivity contribution < 1.29 is 4.43 Å². The van der Waals surface area contributed by atoms with Crippen molar-refractivity contribution in [2.24, 2.45) is 5.92 Å². The molecule has 0 spiro atoms. The standard InChI is InChI=1S/C13H29BrOSi/c1-11(9-8-10-14)12(2)15-16(6,7)13(3,4)5/h11-12H,8-10H2,1-7H3. The number of alkyl halides is 1. The fourth-order valence-electron chi connectivity index (χ4n) is 1.39. The molecule has 0 saturated heterocycles. The molecule has 0 aromatic carbocycles. The van der Waals surface area contributed by atoms with Crippen molar-refractivity contribution in [2.45, 2.75) is 71.7 Å².